The van der Waals surface area contributed by atoms with Crippen LogP contribution in [-0.4, -0.2) is 56.3 Å². The highest BCUT2D eigenvalue weighted by atomic mass is 19.4. The number of nitriles is 1. The van der Waals surface area contributed by atoms with Gasteiger partial charge in [-0.3, -0.25) is 9.78 Å². The second-order valence-corrected chi connectivity index (χ2v) is 9.75. The standard InChI is InChI=1S/C26H26F3N7O2/c1-15(2)38-18-4-5-20-21(10-18)31-12-17(11-30)23(20)34-7-6-19(16(3)13-34)24(37)35-8-9-36-22(14-35)32-33-25(36)26(27,28)29/h4-5,10,12,15,19H,3,6-9,13-14H2,1-2H3/t19-/m0/s1. The molecule has 0 bridgehead atoms. The van der Waals surface area contributed by atoms with E-state index >= 15 is 0 Å². The number of piperidine rings is 1. The third kappa shape index (κ3) is 4.64. The third-order valence-corrected chi connectivity index (χ3v) is 6.81. The molecule has 38 heavy (non-hydrogen) atoms. The van der Waals surface area contributed by atoms with Crippen LogP contribution in [-0.2, 0) is 24.1 Å². The van der Waals surface area contributed by atoms with E-state index in [1.54, 1.807) is 0 Å². The highest BCUT2D eigenvalue weighted by Crippen LogP contribution is 2.36. The van der Waals surface area contributed by atoms with Gasteiger partial charge in [-0.15, -0.1) is 10.2 Å². The highest BCUT2D eigenvalue weighted by molar-refractivity contribution is 5.95. The summed E-state index contributed by atoms with van der Waals surface area (Å²) in [7, 11) is 0. The number of rotatable bonds is 4. The van der Waals surface area contributed by atoms with Crippen molar-refractivity contribution in [3.63, 3.8) is 0 Å². The minimum absolute atomic E-state index is 0.00752. The van der Waals surface area contributed by atoms with Crippen molar-refractivity contribution in [2.24, 2.45) is 5.92 Å². The number of hydrogen-bond donors (Lipinski definition) is 0. The number of carbonyl (C=O) groups is 1. The molecule has 1 fully saturated rings. The van der Waals surface area contributed by atoms with E-state index in [0.29, 0.717) is 41.9 Å². The van der Waals surface area contributed by atoms with Gasteiger partial charge in [0.2, 0.25) is 11.7 Å². The number of amides is 1. The first-order chi connectivity index (χ1) is 18.1. The third-order valence-electron chi connectivity index (χ3n) is 6.81. The number of ether oxygens (including phenoxy) is 1. The van der Waals surface area contributed by atoms with Gasteiger partial charge in [-0.2, -0.15) is 18.4 Å². The molecule has 3 aromatic rings. The molecule has 1 atom stereocenters. The summed E-state index contributed by atoms with van der Waals surface area (Å²) in [5.74, 6) is -0.912. The van der Waals surface area contributed by atoms with Gasteiger partial charge in [0.15, 0.2) is 5.82 Å². The van der Waals surface area contributed by atoms with E-state index in [-0.39, 0.29) is 37.5 Å². The average Bonchev–Trinajstić information content (AvgIpc) is 3.31. The molecule has 0 spiro atoms. The molecule has 4 heterocycles. The fourth-order valence-electron chi connectivity index (χ4n) is 5.12. The Kier molecular flexibility index (Phi) is 6.46. The molecule has 5 rings (SSSR count). The van der Waals surface area contributed by atoms with E-state index in [9.17, 15) is 23.2 Å². The smallest absolute Gasteiger partial charge is 0.451 e. The fourth-order valence-corrected chi connectivity index (χ4v) is 5.12. The van der Waals surface area contributed by atoms with Crippen molar-refractivity contribution in [2.45, 2.75) is 45.6 Å². The molecule has 2 aliphatic rings. The Labute approximate surface area is 217 Å². The number of anilines is 1. The molecule has 0 N–H and O–H groups in total. The topological polar surface area (TPSA) is 100 Å². The van der Waals surface area contributed by atoms with Crippen LogP contribution in [0, 0.1) is 17.2 Å². The van der Waals surface area contributed by atoms with Gasteiger partial charge in [-0.1, -0.05) is 6.58 Å². The van der Waals surface area contributed by atoms with E-state index in [4.69, 9.17) is 4.74 Å². The number of alkyl halides is 3. The number of carbonyl (C=O) groups excluding carboxylic acids is 1. The molecule has 12 heteroatoms. The van der Waals surface area contributed by atoms with Crippen LogP contribution >= 0.6 is 0 Å². The van der Waals surface area contributed by atoms with Crippen LogP contribution in [0.4, 0.5) is 18.9 Å². The molecule has 9 nitrogen and oxygen atoms in total. The number of fused-ring (bicyclic) bond motifs is 2. The van der Waals surface area contributed by atoms with Gasteiger partial charge in [-0.25, -0.2) is 0 Å². The van der Waals surface area contributed by atoms with Gasteiger partial charge in [0.25, 0.3) is 0 Å². The number of halogens is 3. The van der Waals surface area contributed by atoms with Crippen LogP contribution in [0.15, 0.2) is 36.5 Å². The van der Waals surface area contributed by atoms with Gasteiger partial charge in [0.05, 0.1) is 35.3 Å². The Morgan fingerprint density at radius 3 is 2.68 bits per heavy atom. The zero-order chi connectivity index (χ0) is 27.2. The van der Waals surface area contributed by atoms with Crippen molar-refractivity contribution in [2.75, 3.05) is 24.5 Å². The Balaban J connectivity index is 1.34. The maximum absolute atomic E-state index is 13.4. The first-order valence-electron chi connectivity index (χ1n) is 12.3. The highest BCUT2D eigenvalue weighted by Gasteiger charge is 2.41. The van der Waals surface area contributed by atoms with E-state index in [1.165, 1.54) is 11.1 Å². The van der Waals surface area contributed by atoms with Crippen LogP contribution in [0.5, 0.6) is 5.75 Å². The number of aromatic nitrogens is 4. The molecule has 2 aliphatic heterocycles. The SMILES string of the molecule is C=C1CN(c2c(C#N)cnc3cc(OC(C)C)ccc23)CC[C@@H]1C(=O)N1CCn2c(nnc2C(F)(F)F)C1. The van der Waals surface area contributed by atoms with Crippen LogP contribution in [0.2, 0.25) is 0 Å². The molecule has 198 valence electrons. The van der Waals surface area contributed by atoms with Crippen molar-refractivity contribution in [3.05, 3.63) is 53.8 Å². The quantitative estimate of drug-likeness (QED) is 0.476. The normalized spacial score (nSPS) is 18.0. The van der Waals surface area contributed by atoms with Gasteiger partial charge in [-0.05, 0) is 38.0 Å². The minimum Gasteiger partial charge on any atom is -0.491 e. The van der Waals surface area contributed by atoms with Gasteiger partial charge >= 0.3 is 6.18 Å². The molecule has 0 radical (unpaired) electrons. The van der Waals surface area contributed by atoms with E-state index in [0.717, 1.165) is 15.6 Å². The van der Waals surface area contributed by atoms with E-state index in [2.05, 4.69) is 27.8 Å². The minimum atomic E-state index is -4.60. The lowest BCUT2D eigenvalue weighted by molar-refractivity contribution is -0.148. The van der Waals surface area contributed by atoms with Crippen LogP contribution in [0.25, 0.3) is 10.9 Å². The summed E-state index contributed by atoms with van der Waals surface area (Å²) in [6.07, 6.45) is -2.59. The molecule has 0 saturated carbocycles. The summed E-state index contributed by atoms with van der Waals surface area (Å²) in [5.41, 5.74) is 2.52. The van der Waals surface area contributed by atoms with Crippen LogP contribution < -0.4 is 9.64 Å². The summed E-state index contributed by atoms with van der Waals surface area (Å²) in [6.45, 7) is 8.96. The molecule has 2 aromatic heterocycles. The van der Waals surface area contributed by atoms with Crippen molar-refractivity contribution < 1.29 is 22.7 Å². The van der Waals surface area contributed by atoms with E-state index < -0.39 is 17.9 Å². The van der Waals surface area contributed by atoms with Crippen molar-refractivity contribution >= 4 is 22.5 Å². The molecule has 1 amide bonds. The van der Waals surface area contributed by atoms with Crippen molar-refractivity contribution in [1.29, 1.82) is 5.26 Å². The Morgan fingerprint density at radius 1 is 1.21 bits per heavy atom. The molecule has 1 aromatic carbocycles. The second-order valence-electron chi connectivity index (χ2n) is 9.75. The maximum Gasteiger partial charge on any atom is 0.451 e. The monoisotopic (exact) mass is 525 g/mol. The second kappa shape index (κ2) is 9.63. The number of hydrogen-bond acceptors (Lipinski definition) is 7. The number of pyridine rings is 1. The predicted octanol–water partition coefficient (Wildman–Crippen LogP) is 3.93. The lowest BCUT2D eigenvalue weighted by Gasteiger charge is -2.38. The fraction of sp³-hybridized carbons (Fsp3) is 0.423. The molecule has 1 saturated heterocycles. The zero-order valence-corrected chi connectivity index (χ0v) is 21.0. The van der Waals surface area contributed by atoms with E-state index in [1.807, 2.05) is 36.9 Å². The largest absolute Gasteiger partial charge is 0.491 e. The van der Waals surface area contributed by atoms with Gasteiger partial charge < -0.3 is 19.1 Å². The predicted molar refractivity (Wildman–Crippen MR) is 132 cm³/mol. The Morgan fingerprint density at radius 2 is 2.00 bits per heavy atom. The first-order valence-corrected chi connectivity index (χ1v) is 12.3. The lowest BCUT2D eigenvalue weighted by atomic mass is 9.89. The average molecular weight is 526 g/mol. The van der Waals surface area contributed by atoms with Gasteiger partial charge in [0, 0.05) is 43.8 Å². The maximum atomic E-state index is 13.4. The molecule has 0 unspecified atom stereocenters. The van der Waals surface area contributed by atoms with Gasteiger partial charge in [0.1, 0.15) is 11.8 Å². The number of benzene rings is 1. The zero-order valence-electron chi connectivity index (χ0n) is 21.0. The summed E-state index contributed by atoms with van der Waals surface area (Å²) in [5, 5.41) is 17.5. The summed E-state index contributed by atoms with van der Waals surface area (Å²) >= 11 is 0. The Bertz CT molecular complexity index is 1460. The van der Waals surface area contributed by atoms with Crippen LogP contribution in [0.3, 0.4) is 0 Å². The van der Waals surface area contributed by atoms with Crippen molar-refractivity contribution in [3.8, 4) is 11.8 Å². The number of nitrogens with zero attached hydrogens (tertiary/aromatic N) is 7. The summed E-state index contributed by atoms with van der Waals surface area (Å²) in [4.78, 5) is 21.4. The summed E-state index contributed by atoms with van der Waals surface area (Å²) < 4.78 is 46.3. The van der Waals surface area contributed by atoms with Crippen LogP contribution in [0.1, 0.15) is 37.5 Å². The Hall–Kier alpha value is -4.14. The summed E-state index contributed by atoms with van der Waals surface area (Å²) in [6, 6.07) is 7.79. The molecular formula is C26H26F3N7O2. The molecular weight excluding hydrogens is 499 g/mol. The lowest BCUT2D eigenvalue weighted by Crippen LogP contribution is -2.46. The first kappa shape index (κ1) is 25.5. The molecule has 0 aliphatic carbocycles. The van der Waals surface area contributed by atoms with Crippen molar-refractivity contribution in [1.82, 2.24) is 24.6 Å².